The Morgan fingerprint density at radius 2 is 1.89 bits per heavy atom. The van der Waals surface area contributed by atoms with Crippen LogP contribution in [0.25, 0.3) is 5.69 Å². The topological polar surface area (TPSA) is 44.1 Å². The van der Waals surface area contributed by atoms with Gasteiger partial charge >= 0.3 is 5.97 Å². The third kappa shape index (κ3) is 2.78. The Morgan fingerprint density at radius 1 is 1.26 bits per heavy atom. The fourth-order valence-electron chi connectivity index (χ4n) is 1.71. The molecule has 1 aromatic carbocycles. The second-order valence-electron chi connectivity index (χ2n) is 3.93. The Bertz CT molecular complexity index is 603. The molecule has 100 valence electrons. The molecule has 2 rings (SSSR count). The number of halogens is 2. The van der Waals surface area contributed by atoms with Gasteiger partial charge < -0.3 is 4.74 Å². The monoisotopic (exact) mass is 266 g/mol. The summed E-state index contributed by atoms with van der Waals surface area (Å²) in [5.74, 6) is -2.07. The molecule has 1 aromatic heterocycles. The number of aromatic nitrogens is 2. The van der Waals surface area contributed by atoms with Crippen molar-refractivity contribution >= 4 is 5.97 Å². The van der Waals surface area contributed by atoms with Crippen LogP contribution in [0.4, 0.5) is 8.78 Å². The molecule has 6 heteroatoms. The zero-order valence-electron chi connectivity index (χ0n) is 10.5. The second kappa shape index (κ2) is 5.17. The number of esters is 1. The maximum absolute atomic E-state index is 13.2. The van der Waals surface area contributed by atoms with E-state index in [1.807, 2.05) is 0 Å². The molecule has 0 saturated heterocycles. The number of rotatable bonds is 3. The van der Waals surface area contributed by atoms with Crippen LogP contribution in [0, 0.1) is 18.6 Å². The van der Waals surface area contributed by atoms with Crippen LogP contribution in [0.5, 0.6) is 0 Å². The summed E-state index contributed by atoms with van der Waals surface area (Å²) in [6.45, 7) is 3.56. The molecular formula is C13H12F2N2O2. The van der Waals surface area contributed by atoms with Gasteiger partial charge in [-0.25, -0.2) is 18.3 Å². The quantitative estimate of drug-likeness (QED) is 0.802. The number of carbonyl (C=O) groups excluding carboxylic acids is 1. The minimum absolute atomic E-state index is 0.129. The lowest BCUT2D eigenvalue weighted by atomic mass is 10.3. The van der Waals surface area contributed by atoms with Crippen molar-refractivity contribution < 1.29 is 18.3 Å². The fraction of sp³-hybridized carbons (Fsp3) is 0.231. The van der Waals surface area contributed by atoms with Crippen LogP contribution in [0.1, 0.15) is 23.1 Å². The zero-order valence-corrected chi connectivity index (χ0v) is 10.5. The first-order chi connectivity index (χ1) is 9.01. The SMILES string of the molecule is CCOC(=O)c1cc(C)nn1-c1cc(F)cc(F)c1. The van der Waals surface area contributed by atoms with Crippen LogP contribution in [0.15, 0.2) is 24.3 Å². The third-order valence-electron chi connectivity index (χ3n) is 2.41. The first-order valence-electron chi connectivity index (χ1n) is 5.71. The predicted octanol–water partition coefficient (Wildman–Crippen LogP) is 2.64. The Morgan fingerprint density at radius 3 is 2.47 bits per heavy atom. The Kier molecular flexibility index (Phi) is 3.59. The summed E-state index contributed by atoms with van der Waals surface area (Å²) in [7, 11) is 0. The molecule has 0 aliphatic carbocycles. The Labute approximate surface area is 108 Å². The third-order valence-corrected chi connectivity index (χ3v) is 2.41. The minimum atomic E-state index is -0.738. The van der Waals surface area contributed by atoms with Gasteiger partial charge in [0.15, 0.2) is 5.69 Å². The predicted molar refractivity (Wildman–Crippen MR) is 64.2 cm³/mol. The van der Waals surface area contributed by atoms with Gasteiger partial charge in [0.1, 0.15) is 11.6 Å². The molecule has 19 heavy (non-hydrogen) atoms. The normalized spacial score (nSPS) is 10.5. The number of aryl methyl sites for hydroxylation is 1. The molecule has 1 heterocycles. The van der Waals surface area contributed by atoms with E-state index in [9.17, 15) is 13.6 Å². The van der Waals surface area contributed by atoms with E-state index in [1.54, 1.807) is 13.8 Å². The molecule has 0 fully saturated rings. The van der Waals surface area contributed by atoms with Gasteiger partial charge in [0.25, 0.3) is 0 Å². The first-order valence-corrected chi connectivity index (χ1v) is 5.71. The van der Waals surface area contributed by atoms with E-state index < -0.39 is 17.6 Å². The van der Waals surface area contributed by atoms with Crippen molar-refractivity contribution in [2.24, 2.45) is 0 Å². The van der Waals surface area contributed by atoms with Crippen LogP contribution in [-0.4, -0.2) is 22.4 Å². The minimum Gasteiger partial charge on any atom is -0.461 e. The summed E-state index contributed by atoms with van der Waals surface area (Å²) in [6.07, 6.45) is 0. The molecule has 0 radical (unpaired) electrons. The van der Waals surface area contributed by atoms with Gasteiger partial charge in [0.05, 0.1) is 18.0 Å². The van der Waals surface area contributed by atoms with Crippen molar-refractivity contribution in [3.63, 3.8) is 0 Å². The summed E-state index contributed by atoms with van der Waals surface area (Å²) in [5, 5.41) is 4.05. The number of benzene rings is 1. The van der Waals surface area contributed by atoms with Crippen molar-refractivity contribution in [3.8, 4) is 5.69 Å². The summed E-state index contributed by atoms with van der Waals surface area (Å²) in [5.41, 5.74) is 0.811. The molecule has 0 N–H and O–H groups in total. The lowest BCUT2D eigenvalue weighted by Crippen LogP contribution is -2.12. The van der Waals surface area contributed by atoms with Crippen molar-refractivity contribution in [1.29, 1.82) is 0 Å². The Balaban J connectivity index is 2.52. The van der Waals surface area contributed by atoms with Crippen molar-refractivity contribution in [1.82, 2.24) is 9.78 Å². The highest BCUT2D eigenvalue weighted by molar-refractivity contribution is 5.88. The van der Waals surface area contributed by atoms with Crippen molar-refractivity contribution in [2.45, 2.75) is 13.8 Å². The standard InChI is InChI=1S/C13H12F2N2O2/c1-3-19-13(18)12-4-8(2)16-17(12)11-6-9(14)5-10(15)7-11/h4-7H,3H2,1-2H3. The van der Waals surface area contributed by atoms with Gasteiger partial charge in [-0.1, -0.05) is 0 Å². The molecule has 0 aliphatic rings. The van der Waals surface area contributed by atoms with Gasteiger partial charge in [-0.15, -0.1) is 0 Å². The lowest BCUT2D eigenvalue weighted by molar-refractivity contribution is 0.0515. The van der Waals surface area contributed by atoms with Crippen LogP contribution in [-0.2, 0) is 4.74 Å². The molecule has 2 aromatic rings. The van der Waals surface area contributed by atoms with E-state index in [0.717, 1.165) is 18.2 Å². The van der Waals surface area contributed by atoms with E-state index in [-0.39, 0.29) is 18.0 Å². The molecule has 0 aliphatic heterocycles. The average Bonchev–Trinajstić information content (AvgIpc) is 2.70. The summed E-state index contributed by atoms with van der Waals surface area (Å²) < 4.78 is 32.5. The van der Waals surface area contributed by atoms with Crippen LogP contribution in [0.3, 0.4) is 0 Å². The molecule has 0 saturated carbocycles. The van der Waals surface area contributed by atoms with Gasteiger partial charge in [-0.05, 0) is 32.0 Å². The highest BCUT2D eigenvalue weighted by Crippen LogP contribution is 2.16. The lowest BCUT2D eigenvalue weighted by Gasteiger charge is -2.07. The van der Waals surface area contributed by atoms with Crippen LogP contribution >= 0.6 is 0 Å². The molecule has 0 amide bonds. The molecule has 0 spiro atoms. The van der Waals surface area contributed by atoms with Gasteiger partial charge in [0, 0.05) is 6.07 Å². The number of hydrogen-bond donors (Lipinski definition) is 0. The van der Waals surface area contributed by atoms with Crippen molar-refractivity contribution in [3.05, 3.63) is 47.3 Å². The van der Waals surface area contributed by atoms with Crippen LogP contribution < -0.4 is 0 Å². The smallest absolute Gasteiger partial charge is 0.357 e. The molecule has 0 atom stereocenters. The van der Waals surface area contributed by atoms with Gasteiger partial charge in [-0.3, -0.25) is 0 Å². The number of carbonyl (C=O) groups is 1. The summed E-state index contributed by atoms with van der Waals surface area (Å²) in [4.78, 5) is 11.8. The average molecular weight is 266 g/mol. The molecule has 0 unspecified atom stereocenters. The zero-order chi connectivity index (χ0) is 14.0. The maximum Gasteiger partial charge on any atom is 0.357 e. The number of hydrogen-bond acceptors (Lipinski definition) is 3. The van der Waals surface area contributed by atoms with E-state index in [2.05, 4.69) is 5.10 Å². The second-order valence-corrected chi connectivity index (χ2v) is 3.93. The first kappa shape index (κ1) is 13.2. The molecule has 0 bridgehead atoms. The highest BCUT2D eigenvalue weighted by Gasteiger charge is 2.17. The van der Waals surface area contributed by atoms with E-state index in [4.69, 9.17) is 4.74 Å². The highest BCUT2D eigenvalue weighted by atomic mass is 19.1. The van der Waals surface area contributed by atoms with Crippen molar-refractivity contribution in [2.75, 3.05) is 6.61 Å². The molecular weight excluding hydrogens is 254 g/mol. The Hall–Kier alpha value is -2.24. The van der Waals surface area contributed by atoms with E-state index in [0.29, 0.717) is 5.69 Å². The van der Waals surface area contributed by atoms with E-state index >= 15 is 0 Å². The van der Waals surface area contributed by atoms with Gasteiger partial charge in [-0.2, -0.15) is 5.10 Å². The number of ether oxygens (including phenoxy) is 1. The largest absolute Gasteiger partial charge is 0.461 e. The summed E-state index contributed by atoms with van der Waals surface area (Å²) >= 11 is 0. The maximum atomic E-state index is 13.2. The summed E-state index contributed by atoms with van der Waals surface area (Å²) in [6, 6.07) is 4.45. The fourth-order valence-corrected chi connectivity index (χ4v) is 1.71. The van der Waals surface area contributed by atoms with Gasteiger partial charge in [0.2, 0.25) is 0 Å². The van der Waals surface area contributed by atoms with Crippen LogP contribution in [0.2, 0.25) is 0 Å². The van der Waals surface area contributed by atoms with E-state index in [1.165, 1.54) is 10.7 Å². The molecule has 4 nitrogen and oxygen atoms in total. The number of nitrogens with zero attached hydrogens (tertiary/aromatic N) is 2.